The van der Waals surface area contributed by atoms with Gasteiger partial charge in [0.1, 0.15) is 5.82 Å². The molecule has 2 nitrogen and oxygen atoms in total. The zero-order chi connectivity index (χ0) is 10.6. The van der Waals surface area contributed by atoms with Gasteiger partial charge in [0.2, 0.25) is 5.91 Å². The van der Waals surface area contributed by atoms with Crippen LogP contribution in [0.4, 0.5) is 4.39 Å². The highest BCUT2D eigenvalue weighted by atomic mass is 35.5. The number of carbonyl (C=O) groups is 1. The molecule has 72 valence electrons. The summed E-state index contributed by atoms with van der Waals surface area (Å²) in [6, 6.07) is 3.85. The largest absolute Gasteiger partial charge is 0.369 e. The van der Waals surface area contributed by atoms with Gasteiger partial charge < -0.3 is 5.73 Å². The molecule has 0 bridgehead atoms. The topological polar surface area (TPSA) is 43.1 Å². The van der Waals surface area contributed by atoms with Gasteiger partial charge in [-0.2, -0.15) is 0 Å². The lowest BCUT2D eigenvalue weighted by atomic mass is 10.2. The molecule has 0 unspecified atom stereocenters. The second-order valence-corrected chi connectivity index (χ2v) is 2.98. The highest BCUT2D eigenvalue weighted by Gasteiger charge is 1.98. The number of carbonyl (C=O) groups excluding carboxylic acids is 1. The molecule has 4 heteroatoms. The van der Waals surface area contributed by atoms with Crippen molar-refractivity contribution in [3.63, 3.8) is 0 Å². The number of amides is 1. The molecule has 0 aliphatic rings. The van der Waals surface area contributed by atoms with Crippen molar-refractivity contribution in [1.82, 2.24) is 0 Å². The molecule has 0 radical (unpaired) electrons. The van der Waals surface area contributed by atoms with Crippen LogP contribution >= 0.6 is 11.6 Å². The van der Waals surface area contributed by atoms with Gasteiger partial charge in [0.25, 0.3) is 0 Å². The first kappa shape index (κ1) is 10.6. The Hall–Kier alpha value is -1.53. The van der Waals surface area contributed by atoms with E-state index >= 15 is 0 Å². The van der Waals surface area contributed by atoms with Crippen LogP contribution in [0.15, 0.2) is 18.2 Å². The monoisotopic (exact) mass is 211 g/mol. The zero-order valence-electron chi connectivity index (χ0n) is 7.18. The lowest BCUT2D eigenvalue weighted by molar-refractivity contribution is -0.117. The van der Waals surface area contributed by atoms with Crippen molar-refractivity contribution >= 4 is 17.5 Å². The van der Waals surface area contributed by atoms with Crippen LogP contribution in [0.2, 0.25) is 5.02 Å². The van der Waals surface area contributed by atoms with E-state index in [1.807, 2.05) is 0 Å². The van der Waals surface area contributed by atoms with E-state index in [-0.39, 0.29) is 6.42 Å². The Labute approximate surface area is 85.9 Å². The third-order valence-electron chi connectivity index (χ3n) is 1.41. The van der Waals surface area contributed by atoms with Crippen molar-refractivity contribution in [2.24, 2.45) is 5.73 Å². The number of nitrogens with two attached hydrogens (primary N) is 1. The quantitative estimate of drug-likeness (QED) is 0.706. The van der Waals surface area contributed by atoms with Gasteiger partial charge in [0, 0.05) is 5.56 Å². The minimum absolute atomic E-state index is 0.0627. The van der Waals surface area contributed by atoms with Crippen LogP contribution < -0.4 is 5.73 Å². The molecule has 0 atom stereocenters. The van der Waals surface area contributed by atoms with Crippen molar-refractivity contribution in [2.75, 3.05) is 0 Å². The lowest BCUT2D eigenvalue weighted by Crippen LogP contribution is -2.08. The van der Waals surface area contributed by atoms with Gasteiger partial charge in [-0.1, -0.05) is 23.4 Å². The summed E-state index contributed by atoms with van der Waals surface area (Å²) >= 11 is 5.73. The van der Waals surface area contributed by atoms with Crippen LogP contribution in [0.25, 0.3) is 0 Å². The van der Waals surface area contributed by atoms with E-state index in [1.165, 1.54) is 18.2 Å². The maximum Gasteiger partial charge on any atom is 0.229 e. The Morgan fingerprint density at radius 2 is 2.29 bits per heavy atom. The van der Waals surface area contributed by atoms with E-state index in [0.29, 0.717) is 10.6 Å². The van der Waals surface area contributed by atoms with Gasteiger partial charge in [0.05, 0.1) is 11.4 Å². The van der Waals surface area contributed by atoms with Crippen LogP contribution in [0.1, 0.15) is 12.0 Å². The van der Waals surface area contributed by atoms with Crippen LogP contribution in [0.3, 0.4) is 0 Å². The van der Waals surface area contributed by atoms with Crippen LogP contribution in [-0.2, 0) is 4.79 Å². The molecule has 0 aromatic heterocycles. The minimum Gasteiger partial charge on any atom is -0.369 e. The van der Waals surface area contributed by atoms with Crippen LogP contribution in [0.5, 0.6) is 0 Å². The number of rotatable bonds is 1. The summed E-state index contributed by atoms with van der Waals surface area (Å²) < 4.78 is 12.7. The van der Waals surface area contributed by atoms with E-state index in [1.54, 1.807) is 0 Å². The number of hydrogen-bond donors (Lipinski definition) is 1. The van der Waals surface area contributed by atoms with Gasteiger partial charge in [-0.05, 0) is 18.2 Å². The number of primary amides is 1. The summed E-state index contributed by atoms with van der Waals surface area (Å²) in [4.78, 5) is 10.4. The predicted octanol–water partition coefficient (Wildman–Crippen LogP) is 1.71. The van der Waals surface area contributed by atoms with E-state index in [9.17, 15) is 9.18 Å². The van der Waals surface area contributed by atoms with E-state index in [4.69, 9.17) is 17.3 Å². The molecule has 0 aliphatic carbocycles. The van der Waals surface area contributed by atoms with Gasteiger partial charge >= 0.3 is 0 Å². The fraction of sp³-hybridized carbons (Fsp3) is 0.100. The third-order valence-corrected chi connectivity index (χ3v) is 1.74. The average Bonchev–Trinajstić information content (AvgIpc) is 2.10. The Morgan fingerprint density at radius 3 is 2.93 bits per heavy atom. The van der Waals surface area contributed by atoms with Crippen molar-refractivity contribution in [3.8, 4) is 11.8 Å². The van der Waals surface area contributed by atoms with Gasteiger partial charge in [-0.3, -0.25) is 4.79 Å². The molecule has 2 N–H and O–H groups in total. The van der Waals surface area contributed by atoms with Crippen molar-refractivity contribution in [2.45, 2.75) is 6.42 Å². The molecule has 0 fully saturated rings. The summed E-state index contributed by atoms with van der Waals surface area (Å²) in [6.45, 7) is 0. The van der Waals surface area contributed by atoms with Crippen LogP contribution in [-0.4, -0.2) is 5.91 Å². The lowest BCUT2D eigenvalue weighted by Gasteiger charge is -1.94. The summed E-state index contributed by atoms with van der Waals surface area (Å²) in [7, 11) is 0. The molecule has 0 spiro atoms. The Kier molecular flexibility index (Phi) is 3.49. The first-order valence-electron chi connectivity index (χ1n) is 3.82. The molecule has 0 saturated heterocycles. The third kappa shape index (κ3) is 3.08. The van der Waals surface area contributed by atoms with Crippen molar-refractivity contribution in [1.29, 1.82) is 0 Å². The van der Waals surface area contributed by atoms with E-state index in [2.05, 4.69) is 11.8 Å². The highest BCUT2D eigenvalue weighted by molar-refractivity contribution is 6.31. The smallest absolute Gasteiger partial charge is 0.229 e. The summed E-state index contributed by atoms with van der Waals surface area (Å²) in [5, 5.41) is 0.350. The van der Waals surface area contributed by atoms with Crippen molar-refractivity contribution in [3.05, 3.63) is 34.6 Å². The minimum atomic E-state index is -0.523. The Balaban J connectivity index is 2.88. The van der Waals surface area contributed by atoms with Gasteiger partial charge in [0.15, 0.2) is 0 Å². The SMILES string of the molecule is NC(=O)CC#Cc1cc(F)ccc1Cl. The maximum absolute atomic E-state index is 12.7. The Bertz CT molecular complexity index is 420. The normalized spacial score (nSPS) is 9.00. The standard InChI is InChI=1S/C10H7ClFNO/c11-9-5-4-8(12)6-7(9)2-1-3-10(13)14/h4-6H,3H2,(H2,13,14). The van der Waals surface area contributed by atoms with E-state index < -0.39 is 11.7 Å². The second-order valence-electron chi connectivity index (χ2n) is 2.57. The second kappa shape index (κ2) is 4.64. The summed E-state index contributed by atoms with van der Waals surface area (Å²) in [6.07, 6.45) is -0.0627. The van der Waals surface area contributed by atoms with Gasteiger partial charge in [-0.25, -0.2) is 4.39 Å². The number of halogens is 2. The van der Waals surface area contributed by atoms with Crippen molar-refractivity contribution < 1.29 is 9.18 Å². The zero-order valence-corrected chi connectivity index (χ0v) is 7.94. The molecular formula is C10H7ClFNO. The van der Waals surface area contributed by atoms with Crippen LogP contribution in [0, 0.1) is 17.7 Å². The van der Waals surface area contributed by atoms with E-state index in [0.717, 1.165) is 0 Å². The Morgan fingerprint density at radius 1 is 1.57 bits per heavy atom. The fourth-order valence-electron chi connectivity index (χ4n) is 0.820. The number of benzene rings is 1. The highest BCUT2D eigenvalue weighted by Crippen LogP contribution is 2.15. The molecule has 0 aliphatic heterocycles. The molecule has 1 aromatic rings. The first-order chi connectivity index (χ1) is 6.59. The summed E-state index contributed by atoms with van der Waals surface area (Å²) in [5.74, 6) is 4.11. The number of hydrogen-bond acceptors (Lipinski definition) is 1. The molecule has 0 heterocycles. The molecule has 1 amide bonds. The molecule has 1 rings (SSSR count). The predicted molar refractivity (Wildman–Crippen MR) is 52.1 cm³/mol. The van der Waals surface area contributed by atoms with Gasteiger partial charge in [-0.15, -0.1) is 0 Å². The molecule has 14 heavy (non-hydrogen) atoms. The molecule has 1 aromatic carbocycles. The average molecular weight is 212 g/mol. The summed E-state index contributed by atoms with van der Waals surface area (Å²) in [5.41, 5.74) is 5.23. The maximum atomic E-state index is 12.7. The molecule has 0 saturated carbocycles. The molecular weight excluding hydrogens is 205 g/mol. The fourth-order valence-corrected chi connectivity index (χ4v) is 0.985. The first-order valence-corrected chi connectivity index (χ1v) is 4.19.